The first kappa shape index (κ1) is 13.2. The van der Waals surface area contributed by atoms with Gasteiger partial charge >= 0.3 is 0 Å². The van der Waals surface area contributed by atoms with E-state index in [0.29, 0.717) is 11.8 Å². The molecule has 16 heavy (non-hydrogen) atoms. The Morgan fingerprint density at radius 1 is 1.50 bits per heavy atom. The Hall–Kier alpha value is -0.840. The summed E-state index contributed by atoms with van der Waals surface area (Å²) in [5.41, 5.74) is 0. The summed E-state index contributed by atoms with van der Waals surface area (Å²) < 4.78 is 5.86. The van der Waals surface area contributed by atoms with E-state index in [1.165, 1.54) is 6.42 Å². The van der Waals surface area contributed by atoms with Gasteiger partial charge < -0.3 is 10.1 Å². The van der Waals surface area contributed by atoms with Crippen LogP contribution in [0.25, 0.3) is 0 Å². The standard InChI is InChI=1S/C11H18BrN3O/c1-8(2)5-4-6-13-11-14-7-9(12)10(15-11)16-3/h7-8H,4-6H2,1-3H3,(H,13,14,15). The minimum atomic E-state index is 0.557. The highest BCUT2D eigenvalue weighted by molar-refractivity contribution is 9.10. The van der Waals surface area contributed by atoms with Gasteiger partial charge in [0.15, 0.2) is 0 Å². The molecule has 5 heteroatoms. The van der Waals surface area contributed by atoms with Crippen molar-refractivity contribution >= 4 is 21.9 Å². The lowest BCUT2D eigenvalue weighted by molar-refractivity contribution is 0.394. The van der Waals surface area contributed by atoms with E-state index in [4.69, 9.17) is 4.74 Å². The van der Waals surface area contributed by atoms with Crippen molar-refractivity contribution in [2.75, 3.05) is 19.0 Å². The summed E-state index contributed by atoms with van der Waals surface area (Å²) in [6.07, 6.45) is 4.02. The van der Waals surface area contributed by atoms with Crippen LogP contribution in [0.5, 0.6) is 5.88 Å². The predicted octanol–water partition coefficient (Wildman–Crippen LogP) is 3.10. The summed E-state index contributed by atoms with van der Waals surface area (Å²) in [6.45, 7) is 5.33. The molecule has 0 saturated carbocycles. The first-order valence-corrected chi connectivity index (χ1v) is 6.23. The topological polar surface area (TPSA) is 47.0 Å². The van der Waals surface area contributed by atoms with Crippen LogP contribution in [0.1, 0.15) is 26.7 Å². The van der Waals surface area contributed by atoms with Gasteiger partial charge in [-0.3, -0.25) is 0 Å². The normalized spacial score (nSPS) is 10.6. The summed E-state index contributed by atoms with van der Waals surface area (Å²) in [5.74, 6) is 1.91. The van der Waals surface area contributed by atoms with E-state index >= 15 is 0 Å². The molecule has 0 atom stereocenters. The Bertz CT molecular complexity index is 331. The number of ether oxygens (including phenoxy) is 1. The van der Waals surface area contributed by atoms with Crippen LogP contribution in [-0.4, -0.2) is 23.6 Å². The molecule has 0 spiro atoms. The molecule has 1 rings (SSSR count). The minimum Gasteiger partial charge on any atom is -0.480 e. The number of methoxy groups -OCH3 is 1. The largest absolute Gasteiger partial charge is 0.480 e. The van der Waals surface area contributed by atoms with Gasteiger partial charge in [-0.25, -0.2) is 4.98 Å². The van der Waals surface area contributed by atoms with Crippen molar-refractivity contribution < 1.29 is 4.74 Å². The van der Waals surface area contributed by atoms with Gasteiger partial charge in [0, 0.05) is 6.54 Å². The van der Waals surface area contributed by atoms with Crippen molar-refractivity contribution in [2.24, 2.45) is 5.92 Å². The van der Waals surface area contributed by atoms with Crippen molar-refractivity contribution in [3.05, 3.63) is 10.7 Å². The smallest absolute Gasteiger partial charge is 0.232 e. The Morgan fingerprint density at radius 3 is 2.88 bits per heavy atom. The van der Waals surface area contributed by atoms with E-state index in [-0.39, 0.29) is 0 Å². The SMILES string of the molecule is COc1nc(NCCCC(C)C)ncc1Br. The van der Waals surface area contributed by atoms with Gasteiger partial charge in [-0.1, -0.05) is 13.8 Å². The van der Waals surface area contributed by atoms with Crippen molar-refractivity contribution in [2.45, 2.75) is 26.7 Å². The van der Waals surface area contributed by atoms with Gasteiger partial charge in [0.05, 0.1) is 17.8 Å². The van der Waals surface area contributed by atoms with E-state index in [1.807, 2.05) is 0 Å². The highest BCUT2D eigenvalue weighted by Crippen LogP contribution is 2.21. The van der Waals surface area contributed by atoms with E-state index < -0.39 is 0 Å². The molecule has 0 fully saturated rings. The maximum Gasteiger partial charge on any atom is 0.232 e. The zero-order chi connectivity index (χ0) is 12.0. The van der Waals surface area contributed by atoms with E-state index in [9.17, 15) is 0 Å². The second-order valence-corrected chi connectivity index (χ2v) is 4.87. The Labute approximate surface area is 105 Å². The van der Waals surface area contributed by atoms with Crippen LogP contribution in [0, 0.1) is 5.92 Å². The number of anilines is 1. The van der Waals surface area contributed by atoms with Gasteiger partial charge in [-0.2, -0.15) is 4.98 Å². The van der Waals surface area contributed by atoms with Crippen molar-refractivity contribution in [3.63, 3.8) is 0 Å². The highest BCUT2D eigenvalue weighted by Gasteiger charge is 2.04. The molecule has 1 heterocycles. The third-order valence-corrected chi connectivity index (χ3v) is 2.69. The predicted molar refractivity (Wildman–Crippen MR) is 68.8 cm³/mol. The second kappa shape index (κ2) is 6.68. The fourth-order valence-corrected chi connectivity index (χ4v) is 1.64. The molecule has 0 aliphatic heterocycles. The molecular weight excluding hydrogens is 270 g/mol. The highest BCUT2D eigenvalue weighted by atomic mass is 79.9. The number of rotatable bonds is 6. The number of halogens is 1. The van der Waals surface area contributed by atoms with Gasteiger partial charge in [-0.05, 0) is 34.7 Å². The van der Waals surface area contributed by atoms with Crippen molar-refractivity contribution in [1.82, 2.24) is 9.97 Å². The molecule has 0 radical (unpaired) electrons. The zero-order valence-electron chi connectivity index (χ0n) is 9.96. The molecule has 0 aliphatic carbocycles. The van der Waals surface area contributed by atoms with Crippen LogP contribution in [0.2, 0.25) is 0 Å². The molecule has 0 aliphatic rings. The fourth-order valence-electron chi connectivity index (χ4n) is 1.29. The van der Waals surface area contributed by atoms with Crippen LogP contribution in [0.4, 0.5) is 5.95 Å². The van der Waals surface area contributed by atoms with Crippen LogP contribution in [-0.2, 0) is 0 Å². The van der Waals surface area contributed by atoms with Crippen LogP contribution in [0.15, 0.2) is 10.7 Å². The Morgan fingerprint density at radius 2 is 2.25 bits per heavy atom. The molecule has 0 saturated heterocycles. The molecule has 0 amide bonds. The maximum absolute atomic E-state index is 5.09. The monoisotopic (exact) mass is 287 g/mol. The first-order valence-electron chi connectivity index (χ1n) is 5.44. The summed E-state index contributed by atoms with van der Waals surface area (Å²) in [6, 6.07) is 0. The quantitative estimate of drug-likeness (QED) is 0.817. The lowest BCUT2D eigenvalue weighted by atomic mass is 10.1. The number of nitrogens with one attached hydrogen (secondary N) is 1. The maximum atomic E-state index is 5.09. The molecule has 1 N–H and O–H groups in total. The molecule has 1 aromatic heterocycles. The average molecular weight is 288 g/mol. The van der Waals surface area contributed by atoms with E-state index in [2.05, 4.69) is 45.1 Å². The van der Waals surface area contributed by atoms with Crippen LogP contribution in [0.3, 0.4) is 0 Å². The van der Waals surface area contributed by atoms with Gasteiger partial charge in [0.1, 0.15) is 0 Å². The molecule has 0 aromatic carbocycles. The lowest BCUT2D eigenvalue weighted by Crippen LogP contribution is -2.07. The molecule has 0 bridgehead atoms. The van der Waals surface area contributed by atoms with Gasteiger partial charge in [0.2, 0.25) is 11.8 Å². The summed E-state index contributed by atoms with van der Waals surface area (Å²) >= 11 is 3.31. The van der Waals surface area contributed by atoms with Gasteiger partial charge in [-0.15, -0.1) is 0 Å². The van der Waals surface area contributed by atoms with Crippen molar-refractivity contribution in [3.8, 4) is 5.88 Å². The molecule has 4 nitrogen and oxygen atoms in total. The van der Waals surface area contributed by atoms with E-state index in [0.717, 1.165) is 23.4 Å². The lowest BCUT2D eigenvalue weighted by Gasteiger charge is -2.08. The number of nitrogens with zero attached hydrogens (tertiary/aromatic N) is 2. The third kappa shape index (κ3) is 4.35. The summed E-state index contributed by atoms with van der Waals surface area (Å²) in [5, 5.41) is 3.18. The number of aromatic nitrogens is 2. The minimum absolute atomic E-state index is 0.557. The van der Waals surface area contributed by atoms with Crippen molar-refractivity contribution in [1.29, 1.82) is 0 Å². The number of hydrogen-bond acceptors (Lipinski definition) is 4. The summed E-state index contributed by atoms with van der Waals surface area (Å²) in [4.78, 5) is 8.37. The van der Waals surface area contributed by atoms with Crippen LogP contribution >= 0.6 is 15.9 Å². The zero-order valence-corrected chi connectivity index (χ0v) is 11.5. The fraction of sp³-hybridized carbons (Fsp3) is 0.636. The molecule has 1 aromatic rings. The van der Waals surface area contributed by atoms with Crippen LogP contribution < -0.4 is 10.1 Å². The molecule has 90 valence electrons. The average Bonchev–Trinajstić information content (AvgIpc) is 2.26. The number of hydrogen-bond donors (Lipinski definition) is 1. The molecular formula is C11H18BrN3O. The third-order valence-electron chi connectivity index (χ3n) is 2.15. The Kier molecular flexibility index (Phi) is 5.52. The molecule has 0 unspecified atom stereocenters. The summed E-state index contributed by atoms with van der Waals surface area (Å²) in [7, 11) is 1.59. The van der Waals surface area contributed by atoms with Gasteiger partial charge in [0.25, 0.3) is 0 Å². The second-order valence-electron chi connectivity index (χ2n) is 4.01. The van der Waals surface area contributed by atoms with E-state index in [1.54, 1.807) is 13.3 Å². The first-order chi connectivity index (χ1) is 7.63. The Balaban J connectivity index is 2.42.